The molecule has 2 aromatic heterocycles. The zero-order valence-corrected chi connectivity index (χ0v) is 15.9. The van der Waals surface area contributed by atoms with Crippen molar-refractivity contribution in [1.82, 2.24) is 19.9 Å². The number of nitrogens with one attached hydrogen (secondary N) is 1. The van der Waals surface area contributed by atoms with Gasteiger partial charge in [0.25, 0.3) is 0 Å². The number of para-hydroxylation sites is 1. The van der Waals surface area contributed by atoms with E-state index in [1.807, 2.05) is 6.07 Å². The fraction of sp³-hybridized carbons (Fsp3) is 0.389. The highest BCUT2D eigenvalue weighted by atomic mass is 32.1. The number of anilines is 4. The summed E-state index contributed by atoms with van der Waals surface area (Å²) in [4.78, 5) is 18.1. The molecule has 1 fully saturated rings. The van der Waals surface area contributed by atoms with Crippen molar-refractivity contribution in [3.63, 3.8) is 0 Å². The minimum atomic E-state index is 0.577. The molecule has 8 heteroatoms. The second-order valence-electron chi connectivity index (χ2n) is 6.45. The van der Waals surface area contributed by atoms with E-state index >= 15 is 0 Å². The van der Waals surface area contributed by atoms with E-state index < -0.39 is 0 Å². The van der Waals surface area contributed by atoms with Crippen LogP contribution in [0.2, 0.25) is 0 Å². The molecule has 0 bridgehead atoms. The van der Waals surface area contributed by atoms with Crippen molar-refractivity contribution in [3.05, 3.63) is 30.1 Å². The predicted molar refractivity (Wildman–Crippen MR) is 108 cm³/mol. The van der Waals surface area contributed by atoms with Gasteiger partial charge in [-0.3, -0.25) is 0 Å². The number of benzene rings is 1. The fourth-order valence-corrected chi connectivity index (χ4v) is 4.20. The number of aromatic nitrogens is 3. The molecule has 0 amide bonds. The Morgan fingerprint density at radius 3 is 2.73 bits per heavy atom. The fourth-order valence-electron chi connectivity index (χ4n) is 3.25. The van der Waals surface area contributed by atoms with Crippen LogP contribution < -0.4 is 16.0 Å². The first-order chi connectivity index (χ1) is 12.7. The van der Waals surface area contributed by atoms with E-state index in [9.17, 15) is 0 Å². The van der Waals surface area contributed by atoms with Gasteiger partial charge in [0, 0.05) is 26.2 Å². The van der Waals surface area contributed by atoms with E-state index in [1.54, 1.807) is 17.7 Å². The largest absolute Gasteiger partial charge is 0.393 e. The number of rotatable bonds is 4. The molecule has 0 unspecified atom stereocenters. The van der Waals surface area contributed by atoms with E-state index in [0.29, 0.717) is 11.5 Å². The monoisotopic (exact) mass is 369 g/mol. The molecule has 136 valence electrons. The average Bonchev–Trinajstić information content (AvgIpc) is 3.08. The second kappa shape index (κ2) is 7.05. The van der Waals surface area contributed by atoms with E-state index in [4.69, 9.17) is 5.73 Å². The zero-order chi connectivity index (χ0) is 18.1. The van der Waals surface area contributed by atoms with Gasteiger partial charge in [-0.15, -0.1) is 0 Å². The van der Waals surface area contributed by atoms with Crippen LogP contribution in [-0.4, -0.2) is 52.6 Å². The van der Waals surface area contributed by atoms with Crippen molar-refractivity contribution >= 4 is 44.0 Å². The van der Waals surface area contributed by atoms with Gasteiger partial charge in [0.05, 0.1) is 10.2 Å². The van der Waals surface area contributed by atoms with Crippen LogP contribution in [0.1, 0.15) is 12.5 Å². The maximum atomic E-state index is 6.39. The predicted octanol–water partition coefficient (Wildman–Crippen LogP) is 2.86. The first-order valence-electron chi connectivity index (χ1n) is 8.86. The third-order valence-electron chi connectivity index (χ3n) is 4.83. The van der Waals surface area contributed by atoms with Crippen LogP contribution >= 0.6 is 11.3 Å². The zero-order valence-electron chi connectivity index (χ0n) is 15.1. The summed E-state index contributed by atoms with van der Waals surface area (Å²) in [6.07, 6.45) is 1.57. The van der Waals surface area contributed by atoms with Crippen LogP contribution in [0.3, 0.4) is 0 Å². The number of aryl methyl sites for hydroxylation is 1. The quantitative estimate of drug-likeness (QED) is 0.731. The van der Waals surface area contributed by atoms with Gasteiger partial charge in [-0.1, -0.05) is 30.4 Å². The highest BCUT2D eigenvalue weighted by molar-refractivity contribution is 7.22. The maximum absolute atomic E-state index is 6.39. The van der Waals surface area contributed by atoms with E-state index in [1.165, 1.54) is 0 Å². The van der Waals surface area contributed by atoms with Crippen LogP contribution in [0.15, 0.2) is 24.5 Å². The summed E-state index contributed by atoms with van der Waals surface area (Å²) < 4.78 is 1.15. The van der Waals surface area contributed by atoms with Gasteiger partial charge in [0.1, 0.15) is 12.0 Å². The normalized spacial score (nSPS) is 15.5. The molecule has 1 aromatic carbocycles. The minimum Gasteiger partial charge on any atom is -0.393 e. The molecule has 7 nitrogen and oxygen atoms in total. The summed E-state index contributed by atoms with van der Waals surface area (Å²) in [7, 11) is 0. The lowest BCUT2D eigenvalue weighted by molar-refractivity contribution is 0.270. The van der Waals surface area contributed by atoms with Gasteiger partial charge in [0.15, 0.2) is 16.8 Å². The van der Waals surface area contributed by atoms with Crippen molar-refractivity contribution in [3.8, 4) is 0 Å². The van der Waals surface area contributed by atoms with Crippen molar-refractivity contribution in [2.24, 2.45) is 0 Å². The van der Waals surface area contributed by atoms with Gasteiger partial charge < -0.3 is 20.9 Å². The summed E-state index contributed by atoms with van der Waals surface area (Å²) in [6.45, 7) is 9.25. The number of thiazole rings is 1. The van der Waals surface area contributed by atoms with Crippen LogP contribution in [0.5, 0.6) is 0 Å². The molecule has 0 atom stereocenters. The Kier molecular flexibility index (Phi) is 4.60. The summed E-state index contributed by atoms with van der Waals surface area (Å²) >= 11 is 1.60. The number of likely N-dealkylation sites (N-methyl/N-ethyl adjacent to an activating group) is 1. The molecule has 0 spiro atoms. The number of hydrogen-bond donors (Lipinski definition) is 2. The third-order valence-corrected chi connectivity index (χ3v) is 5.76. The Balaban J connectivity index is 1.58. The Labute approximate surface area is 156 Å². The smallest absolute Gasteiger partial charge is 0.189 e. The molecule has 3 N–H and O–H groups in total. The Morgan fingerprint density at radius 2 is 2.00 bits per heavy atom. The standard InChI is InChI=1S/C18H23N7S/c1-3-24-7-9-25(10-8-24)17-14(19)16(20-11-21-17)23-18-22-15-12(2)5-4-6-13(15)26-18/h4-6,11H,3,7-10,19H2,1-2H3,(H,20,21,22,23). The molecule has 1 aliphatic heterocycles. The number of piperazine rings is 1. The van der Waals surface area contributed by atoms with E-state index in [2.05, 4.69) is 56.0 Å². The summed E-state index contributed by atoms with van der Waals surface area (Å²) in [5.41, 5.74) is 9.15. The number of hydrogen-bond acceptors (Lipinski definition) is 8. The number of nitrogens with zero attached hydrogens (tertiary/aromatic N) is 5. The Hall–Kier alpha value is -2.45. The number of fused-ring (bicyclic) bond motifs is 1. The molecule has 1 aliphatic rings. The lowest BCUT2D eigenvalue weighted by Gasteiger charge is -2.35. The summed E-state index contributed by atoms with van der Waals surface area (Å²) in [5.74, 6) is 1.42. The number of nitrogen functional groups attached to an aromatic ring is 1. The maximum Gasteiger partial charge on any atom is 0.189 e. The number of nitrogens with two attached hydrogens (primary N) is 1. The molecular formula is C18H23N7S. The van der Waals surface area contributed by atoms with Crippen LogP contribution in [0.4, 0.5) is 22.5 Å². The van der Waals surface area contributed by atoms with Gasteiger partial charge in [0.2, 0.25) is 0 Å². The molecule has 0 aliphatic carbocycles. The molecule has 1 saturated heterocycles. The van der Waals surface area contributed by atoms with Gasteiger partial charge in [-0.2, -0.15) is 0 Å². The topological polar surface area (TPSA) is 83.2 Å². The highest BCUT2D eigenvalue weighted by Gasteiger charge is 2.21. The van der Waals surface area contributed by atoms with E-state index in [0.717, 1.165) is 59.5 Å². The van der Waals surface area contributed by atoms with Crippen LogP contribution in [0.25, 0.3) is 10.2 Å². The SMILES string of the molecule is CCN1CCN(c2ncnc(Nc3nc4c(C)cccc4s3)c2N)CC1. The lowest BCUT2D eigenvalue weighted by Crippen LogP contribution is -2.46. The Morgan fingerprint density at radius 1 is 1.19 bits per heavy atom. The van der Waals surface area contributed by atoms with Crippen LogP contribution in [-0.2, 0) is 0 Å². The van der Waals surface area contributed by atoms with Gasteiger partial charge >= 0.3 is 0 Å². The molecule has 26 heavy (non-hydrogen) atoms. The molecule has 3 heterocycles. The third kappa shape index (κ3) is 3.17. The van der Waals surface area contributed by atoms with Gasteiger partial charge in [-0.25, -0.2) is 15.0 Å². The first-order valence-corrected chi connectivity index (χ1v) is 9.68. The Bertz CT molecular complexity index is 915. The van der Waals surface area contributed by atoms with Crippen molar-refractivity contribution in [1.29, 1.82) is 0 Å². The minimum absolute atomic E-state index is 0.577. The lowest BCUT2D eigenvalue weighted by atomic mass is 10.2. The molecule has 4 rings (SSSR count). The molecular weight excluding hydrogens is 346 g/mol. The summed E-state index contributed by atoms with van der Waals surface area (Å²) in [6, 6.07) is 6.19. The van der Waals surface area contributed by atoms with Gasteiger partial charge in [-0.05, 0) is 25.1 Å². The van der Waals surface area contributed by atoms with E-state index in [-0.39, 0.29) is 0 Å². The average molecular weight is 369 g/mol. The first kappa shape index (κ1) is 17.0. The molecule has 0 radical (unpaired) electrons. The van der Waals surface area contributed by atoms with Crippen molar-refractivity contribution in [2.75, 3.05) is 48.7 Å². The van der Waals surface area contributed by atoms with Crippen molar-refractivity contribution < 1.29 is 0 Å². The van der Waals surface area contributed by atoms with Crippen molar-refractivity contribution in [2.45, 2.75) is 13.8 Å². The molecule has 3 aromatic rings. The van der Waals surface area contributed by atoms with Crippen LogP contribution in [0, 0.1) is 6.92 Å². The second-order valence-corrected chi connectivity index (χ2v) is 7.48. The summed E-state index contributed by atoms with van der Waals surface area (Å²) in [5, 5.41) is 4.08. The highest BCUT2D eigenvalue weighted by Crippen LogP contribution is 2.33. The molecule has 0 saturated carbocycles.